The highest BCUT2D eigenvalue weighted by molar-refractivity contribution is 7.18. The second kappa shape index (κ2) is 9.64. The van der Waals surface area contributed by atoms with Gasteiger partial charge in [0.15, 0.2) is 0 Å². The number of nitrogens with one attached hydrogen (secondary N) is 2. The van der Waals surface area contributed by atoms with Gasteiger partial charge in [-0.2, -0.15) is 0 Å². The minimum absolute atomic E-state index is 0.0153. The van der Waals surface area contributed by atoms with Crippen LogP contribution in [0.15, 0.2) is 24.3 Å². The highest BCUT2D eigenvalue weighted by Gasteiger charge is 2.26. The lowest BCUT2D eigenvalue weighted by Gasteiger charge is -2.22. The van der Waals surface area contributed by atoms with E-state index >= 15 is 0 Å². The van der Waals surface area contributed by atoms with Crippen LogP contribution in [0.2, 0.25) is 0 Å². The van der Waals surface area contributed by atoms with Crippen molar-refractivity contribution in [3.63, 3.8) is 0 Å². The largest absolute Gasteiger partial charge is 0.344 e. The molecular weight excluding hydrogens is 372 g/mol. The zero-order chi connectivity index (χ0) is 19.1. The first-order valence-corrected chi connectivity index (χ1v) is 9.86. The Morgan fingerprint density at radius 2 is 2.08 bits per heavy atom. The molecule has 1 aromatic carbocycles. The Labute approximate surface area is 162 Å². The Balaban J connectivity index is 2.10. The normalized spacial score (nSPS) is 13.1. The van der Waals surface area contributed by atoms with E-state index < -0.39 is 6.04 Å². The molecule has 8 heteroatoms. The number of carbonyl (C=O) groups excluding carboxylic acids is 2. The van der Waals surface area contributed by atoms with Gasteiger partial charge in [-0.15, -0.1) is 21.8 Å². The van der Waals surface area contributed by atoms with E-state index in [1.807, 2.05) is 45.0 Å². The van der Waals surface area contributed by atoms with E-state index in [0.717, 1.165) is 22.6 Å². The second-order valence-corrected chi connectivity index (χ2v) is 7.50. The Bertz CT molecular complexity index is 765. The third-order valence-corrected chi connectivity index (χ3v) is 5.13. The van der Waals surface area contributed by atoms with Crippen LogP contribution in [0.25, 0.3) is 10.6 Å². The van der Waals surface area contributed by atoms with Crippen LogP contribution in [0.1, 0.15) is 32.3 Å². The molecule has 0 aliphatic carbocycles. The highest BCUT2D eigenvalue weighted by atomic mass is 35.5. The second-order valence-electron chi connectivity index (χ2n) is 6.14. The van der Waals surface area contributed by atoms with Crippen molar-refractivity contribution < 1.29 is 9.59 Å². The fourth-order valence-corrected chi connectivity index (χ4v) is 3.30. The third kappa shape index (κ3) is 5.51. The molecule has 0 saturated heterocycles. The molecule has 26 heavy (non-hydrogen) atoms. The lowest BCUT2D eigenvalue weighted by molar-refractivity contribution is -0.127. The van der Waals surface area contributed by atoms with Gasteiger partial charge in [-0.1, -0.05) is 55.4 Å². The number of alkyl halides is 1. The minimum atomic E-state index is -0.637. The van der Waals surface area contributed by atoms with Gasteiger partial charge in [0.1, 0.15) is 11.0 Å². The van der Waals surface area contributed by atoms with E-state index in [1.165, 1.54) is 11.3 Å². The summed E-state index contributed by atoms with van der Waals surface area (Å²) < 4.78 is 0. The number of rotatable bonds is 8. The van der Waals surface area contributed by atoms with Crippen molar-refractivity contribution in [3.05, 3.63) is 29.8 Å². The molecule has 0 aliphatic rings. The van der Waals surface area contributed by atoms with Crippen molar-refractivity contribution in [2.24, 2.45) is 5.92 Å². The molecule has 0 fully saturated rings. The Morgan fingerprint density at radius 1 is 1.31 bits per heavy atom. The number of anilines is 1. The summed E-state index contributed by atoms with van der Waals surface area (Å²) in [5, 5.41) is 14.9. The van der Waals surface area contributed by atoms with Gasteiger partial charge >= 0.3 is 0 Å². The number of aromatic nitrogens is 2. The van der Waals surface area contributed by atoms with Gasteiger partial charge in [0.05, 0.1) is 0 Å². The third-order valence-electron chi connectivity index (χ3n) is 4.05. The molecule has 2 atom stereocenters. The summed E-state index contributed by atoms with van der Waals surface area (Å²) in [5.74, 6) is -0.331. The molecule has 2 rings (SSSR count). The van der Waals surface area contributed by atoms with Crippen LogP contribution < -0.4 is 10.6 Å². The molecule has 0 aliphatic heterocycles. The Morgan fingerprint density at radius 3 is 2.73 bits per heavy atom. The van der Waals surface area contributed by atoms with Crippen LogP contribution in [0.3, 0.4) is 0 Å². The van der Waals surface area contributed by atoms with Crippen molar-refractivity contribution >= 4 is 39.9 Å². The number of aryl methyl sites for hydroxylation is 1. The Kier molecular flexibility index (Phi) is 7.53. The van der Waals surface area contributed by atoms with Gasteiger partial charge in [0.2, 0.25) is 16.9 Å². The molecule has 0 saturated carbocycles. The molecule has 2 amide bonds. The predicted octanol–water partition coefficient (Wildman–Crippen LogP) is 3.61. The molecule has 0 bridgehead atoms. The summed E-state index contributed by atoms with van der Waals surface area (Å²) >= 11 is 6.90. The van der Waals surface area contributed by atoms with Crippen molar-refractivity contribution in [2.75, 3.05) is 11.2 Å². The van der Waals surface area contributed by atoms with Crippen molar-refractivity contribution in [3.8, 4) is 10.6 Å². The zero-order valence-electron chi connectivity index (χ0n) is 15.1. The first-order valence-electron chi connectivity index (χ1n) is 8.51. The van der Waals surface area contributed by atoms with Crippen LogP contribution in [-0.2, 0) is 9.59 Å². The van der Waals surface area contributed by atoms with Crippen LogP contribution >= 0.6 is 22.9 Å². The van der Waals surface area contributed by atoms with Gasteiger partial charge < -0.3 is 5.32 Å². The van der Waals surface area contributed by atoms with Crippen molar-refractivity contribution in [1.82, 2.24) is 15.5 Å². The molecule has 2 aromatic rings. The van der Waals surface area contributed by atoms with Gasteiger partial charge in [0, 0.05) is 17.9 Å². The summed E-state index contributed by atoms with van der Waals surface area (Å²) in [6.07, 6.45) is 0.933. The summed E-state index contributed by atoms with van der Waals surface area (Å²) in [6, 6.07) is 7.29. The maximum atomic E-state index is 12.6. The molecule has 2 N–H and O–H groups in total. The quantitative estimate of drug-likeness (QED) is 0.670. The van der Waals surface area contributed by atoms with E-state index in [1.54, 1.807) is 0 Å². The number of nitrogens with zero attached hydrogens (tertiary/aromatic N) is 2. The SMILES string of the molecule is CC[C@H](C)[C@H](NC(=O)CCCl)C(=O)Nc1nnc(-c2cccc(C)c2)s1. The fraction of sp³-hybridized carbons (Fsp3) is 0.444. The lowest BCUT2D eigenvalue weighted by atomic mass is 9.98. The van der Waals surface area contributed by atoms with Crippen LogP contribution in [-0.4, -0.2) is 33.9 Å². The summed E-state index contributed by atoms with van der Waals surface area (Å²) in [4.78, 5) is 24.5. The van der Waals surface area contributed by atoms with Gasteiger partial charge in [-0.05, 0) is 18.9 Å². The smallest absolute Gasteiger partial charge is 0.249 e. The van der Waals surface area contributed by atoms with Gasteiger partial charge in [-0.3, -0.25) is 14.9 Å². The molecule has 0 radical (unpaired) electrons. The van der Waals surface area contributed by atoms with Crippen LogP contribution in [0.5, 0.6) is 0 Å². The number of hydrogen-bond donors (Lipinski definition) is 2. The topological polar surface area (TPSA) is 84.0 Å². The predicted molar refractivity (Wildman–Crippen MR) is 105 cm³/mol. The number of carbonyl (C=O) groups is 2. The molecule has 6 nitrogen and oxygen atoms in total. The fourth-order valence-electron chi connectivity index (χ4n) is 2.38. The van der Waals surface area contributed by atoms with E-state index in [0.29, 0.717) is 5.13 Å². The van der Waals surface area contributed by atoms with E-state index in [-0.39, 0.29) is 30.0 Å². The number of benzene rings is 1. The minimum Gasteiger partial charge on any atom is -0.344 e. The van der Waals surface area contributed by atoms with E-state index in [2.05, 4.69) is 20.8 Å². The highest BCUT2D eigenvalue weighted by Crippen LogP contribution is 2.27. The van der Waals surface area contributed by atoms with Crippen molar-refractivity contribution in [2.45, 2.75) is 39.7 Å². The van der Waals surface area contributed by atoms with Gasteiger partial charge in [0.25, 0.3) is 0 Å². The summed E-state index contributed by atoms with van der Waals surface area (Å²) in [5.41, 5.74) is 2.08. The first-order chi connectivity index (χ1) is 12.4. The zero-order valence-corrected chi connectivity index (χ0v) is 16.7. The first kappa shape index (κ1) is 20.3. The number of halogens is 1. The average Bonchev–Trinajstić information content (AvgIpc) is 3.07. The Hall–Kier alpha value is -1.99. The number of hydrogen-bond acceptors (Lipinski definition) is 5. The standard InChI is InChI=1S/C18H23ClN4O2S/c1-4-12(3)15(20-14(24)8-9-19)16(25)21-18-23-22-17(26-18)13-7-5-6-11(2)10-13/h5-7,10,12,15H,4,8-9H2,1-3H3,(H,20,24)(H,21,23,25)/t12-,15-/m0/s1. The monoisotopic (exact) mass is 394 g/mol. The van der Waals surface area contributed by atoms with Crippen molar-refractivity contribution in [1.29, 1.82) is 0 Å². The maximum Gasteiger partial charge on any atom is 0.249 e. The van der Waals surface area contributed by atoms with Gasteiger partial charge in [-0.25, -0.2) is 0 Å². The van der Waals surface area contributed by atoms with Crippen LogP contribution in [0, 0.1) is 12.8 Å². The summed E-state index contributed by atoms with van der Waals surface area (Å²) in [6.45, 7) is 5.90. The molecule has 0 spiro atoms. The molecule has 140 valence electrons. The molecule has 1 heterocycles. The van der Waals surface area contributed by atoms with Crippen LogP contribution in [0.4, 0.5) is 5.13 Å². The molecule has 0 unspecified atom stereocenters. The average molecular weight is 395 g/mol. The van der Waals surface area contributed by atoms with E-state index in [9.17, 15) is 9.59 Å². The molecular formula is C18H23ClN4O2S. The molecule has 1 aromatic heterocycles. The van der Waals surface area contributed by atoms with E-state index in [4.69, 9.17) is 11.6 Å². The summed E-state index contributed by atoms with van der Waals surface area (Å²) in [7, 11) is 0. The number of amides is 2. The lowest BCUT2D eigenvalue weighted by Crippen LogP contribution is -2.47. The maximum absolute atomic E-state index is 12.6.